The summed E-state index contributed by atoms with van der Waals surface area (Å²) in [6, 6.07) is 0. The molecule has 14 heavy (non-hydrogen) atoms. The van der Waals surface area contributed by atoms with Crippen LogP contribution in [0.25, 0.3) is 0 Å². The molecule has 0 aromatic rings. The summed E-state index contributed by atoms with van der Waals surface area (Å²) in [7, 11) is 0. The Morgan fingerprint density at radius 3 is 2.43 bits per heavy atom. The van der Waals surface area contributed by atoms with Crippen LogP contribution in [-0.2, 0) is 14.3 Å². The number of ether oxygens (including phenoxy) is 2. The van der Waals surface area contributed by atoms with Gasteiger partial charge in [-0.2, -0.15) is 0 Å². The highest BCUT2D eigenvalue weighted by Gasteiger charge is 2.04. The van der Waals surface area contributed by atoms with Crippen molar-refractivity contribution in [3.8, 4) is 0 Å². The maximum atomic E-state index is 10.1. The smallest absolute Gasteiger partial charge is 0.305 e. The van der Waals surface area contributed by atoms with Crippen molar-refractivity contribution in [3.05, 3.63) is 0 Å². The molecule has 1 atom stereocenters. The van der Waals surface area contributed by atoms with Crippen LogP contribution >= 0.6 is 0 Å². The van der Waals surface area contributed by atoms with E-state index in [0.717, 1.165) is 0 Å². The van der Waals surface area contributed by atoms with Crippen LogP contribution in [0.2, 0.25) is 0 Å². The third-order valence-corrected chi connectivity index (χ3v) is 1.53. The lowest BCUT2D eigenvalue weighted by Crippen LogP contribution is -2.19. The molecule has 0 amide bonds. The van der Waals surface area contributed by atoms with Crippen LogP contribution in [-0.4, -0.2) is 37.0 Å². The highest BCUT2D eigenvalue weighted by atomic mass is 16.5. The molecule has 0 bridgehead atoms. The molecule has 1 N–H and O–H groups in total. The largest absolute Gasteiger partial charge is 0.481 e. The number of hydrogen-bond acceptors (Lipinski definition) is 3. The van der Waals surface area contributed by atoms with Gasteiger partial charge in [-0.1, -0.05) is 13.8 Å². The third kappa shape index (κ3) is 9.48. The van der Waals surface area contributed by atoms with Crippen molar-refractivity contribution in [2.75, 3.05) is 19.8 Å². The molecule has 0 aliphatic carbocycles. The van der Waals surface area contributed by atoms with Crippen LogP contribution in [0.3, 0.4) is 0 Å². The van der Waals surface area contributed by atoms with Crippen molar-refractivity contribution in [1.82, 2.24) is 0 Å². The standard InChI is InChI=1S/C10H20O4/c1-8(2)6-14-9(3)7-13-5-4-10(11)12/h8-9H,4-7H2,1-3H3,(H,11,12). The minimum Gasteiger partial charge on any atom is -0.481 e. The van der Waals surface area contributed by atoms with Gasteiger partial charge in [0.1, 0.15) is 0 Å². The minimum absolute atomic E-state index is 0.0335. The van der Waals surface area contributed by atoms with E-state index < -0.39 is 5.97 Å². The van der Waals surface area contributed by atoms with Gasteiger partial charge in [-0.05, 0) is 12.8 Å². The van der Waals surface area contributed by atoms with E-state index in [0.29, 0.717) is 19.1 Å². The summed E-state index contributed by atoms with van der Waals surface area (Å²) in [5.74, 6) is -0.322. The average molecular weight is 204 g/mol. The van der Waals surface area contributed by atoms with Gasteiger partial charge in [0.2, 0.25) is 0 Å². The Bertz CT molecular complexity index is 156. The van der Waals surface area contributed by atoms with E-state index in [9.17, 15) is 4.79 Å². The van der Waals surface area contributed by atoms with Gasteiger partial charge in [0, 0.05) is 6.61 Å². The molecule has 0 radical (unpaired) electrons. The minimum atomic E-state index is -0.833. The van der Waals surface area contributed by atoms with Gasteiger partial charge >= 0.3 is 5.97 Å². The fraction of sp³-hybridized carbons (Fsp3) is 0.900. The van der Waals surface area contributed by atoms with Gasteiger partial charge in [0.15, 0.2) is 0 Å². The Balaban J connectivity index is 3.26. The first-order valence-electron chi connectivity index (χ1n) is 4.93. The van der Waals surface area contributed by atoms with E-state index in [1.54, 1.807) is 0 Å². The van der Waals surface area contributed by atoms with Crippen LogP contribution in [0, 0.1) is 5.92 Å². The molecule has 4 nitrogen and oxygen atoms in total. The molecule has 4 heteroatoms. The summed E-state index contributed by atoms with van der Waals surface area (Å²) < 4.78 is 10.6. The Morgan fingerprint density at radius 2 is 1.93 bits per heavy atom. The number of carboxylic acids is 1. The average Bonchev–Trinajstić information content (AvgIpc) is 2.08. The molecule has 0 aromatic carbocycles. The van der Waals surface area contributed by atoms with Gasteiger partial charge in [-0.15, -0.1) is 0 Å². The van der Waals surface area contributed by atoms with Crippen LogP contribution < -0.4 is 0 Å². The summed E-state index contributed by atoms with van der Waals surface area (Å²) in [6.07, 6.45) is 0.0860. The Labute approximate surface area is 85.2 Å². The van der Waals surface area contributed by atoms with Crippen molar-refractivity contribution >= 4 is 5.97 Å². The lowest BCUT2D eigenvalue weighted by Gasteiger charge is -2.14. The maximum absolute atomic E-state index is 10.1. The number of hydrogen-bond donors (Lipinski definition) is 1. The number of carbonyl (C=O) groups is 1. The van der Waals surface area contributed by atoms with E-state index >= 15 is 0 Å². The third-order valence-electron chi connectivity index (χ3n) is 1.53. The zero-order chi connectivity index (χ0) is 11.0. The molecular formula is C10H20O4. The highest BCUT2D eigenvalue weighted by Crippen LogP contribution is 1.98. The van der Waals surface area contributed by atoms with Gasteiger partial charge < -0.3 is 14.6 Å². The molecule has 0 rings (SSSR count). The van der Waals surface area contributed by atoms with Gasteiger partial charge in [0.25, 0.3) is 0 Å². The van der Waals surface area contributed by atoms with Crippen molar-refractivity contribution in [1.29, 1.82) is 0 Å². The van der Waals surface area contributed by atoms with Crippen molar-refractivity contribution in [2.45, 2.75) is 33.3 Å². The van der Waals surface area contributed by atoms with Crippen LogP contribution in [0.1, 0.15) is 27.2 Å². The predicted octanol–water partition coefficient (Wildman–Crippen LogP) is 1.54. The summed E-state index contributed by atoms with van der Waals surface area (Å²) in [5, 5.41) is 8.34. The predicted molar refractivity (Wildman–Crippen MR) is 53.3 cm³/mol. The van der Waals surface area contributed by atoms with Gasteiger partial charge in [0.05, 0.1) is 25.7 Å². The van der Waals surface area contributed by atoms with Crippen molar-refractivity contribution in [2.24, 2.45) is 5.92 Å². The van der Waals surface area contributed by atoms with Gasteiger partial charge in [-0.3, -0.25) is 4.79 Å². The Hall–Kier alpha value is -0.610. The molecule has 0 aliphatic heterocycles. The van der Waals surface area contributed by atoms with Crippen molar-refractivity contribution in [3.63, 3.8) is 0 Å². The molecule has 1 unspecified atom stereocenters. The SMILES string of the molecule is CC(C)COC(C)COCCC(=O)O. The molecule has 0 saturated heterocycles. The summed E-state index contributed by atoms with van der Waals surface area (Å²) >= 11 is 0. The topological polar surface area (TPSA) is 55.8 Å². The van der Waals surface area contributed by atoms with Crippen LogP contribution in [0.4, 0.5) is 0 Å². The Morgan fingerprint density at radius 1 is 1.29 bits per heavy atom. The second-order valence-corrected chi connectivity index (χ2v) is 3.76. The molecule has 84 valence electrons. The molecule has 0 aliphatic rings. The first kappa shape index (κ1) is 13.4. The monoisotopic (exact) mass is 204 g/mol. The van der Waals surface area contributed by atoms with E-state index in [1.165, 1.54) is 0 Å². The van der Waals surface area contributed by atoms with Crippen LogP contribution in [0.15, 0.2) is 0 Å². The first-order chi connectivity index (χ1) is 6.52. The number of rotatable bonds is 8. The molecule has 0 heterocycles. The normalized spacial score (nSPS) is 13.1. The molecule has 0 fully saturated rings. The summed E-state index contributed by atoms with van der Waals surface area (Å²) in [6.45, 7) is 7.51. The number of carboxylic acid groups (broad SMARTS) is 1. The molecular weight excluding hydrogens is 184 g/mol. The van der Waals surface area contributed by atoms with E-state index in [4.69, 9.17) is 14.6 Å². The fourth-order valence-corrected chi connectivity index (χ4v) is 0.814. The maximum Gasteiger partial charge on any atom is 0.305 e. The molecule has 0 aromatic heterocycles. The van der Waals surface area contributed by atoms with Crippen molar-refractivity contribution < 1.29 is 19.4 Å². The zero-order valence-electron chi connectivity index (χ0n) is 9.16. The first-order valence-corrected chi connectivity index (χ1v) is 4.93. The second-order valence-electron chi connectivity index (χ2n) is 3.76. The van der Waals surface area contributed by atoms with E-state index in [1.807, 2.05) is 6.92 Å². The number of aliphatic carboxylic acids is 1. The van der Waals surface area contributed by atoms with E-state index in [-0.39, 0.29) is 19.1 Å². The van der Waals surface area contributed by atoms with E-state index in [2.05, 4.69) is 13.8 Å². The summed E-state index contributed by atoms with van der Waals surface area (Å²) in [5.41, 5.74) is 0. The lowest BCUT2D eigenvalue weighted by molar-refractivity contribution is -0.138. The summed E-state index contributed by atoms with van der Waals surface area (Å²) in [4.78, 5) is 10.1. The molecule has 0 saturated carbocycles. The highest BCUT2D eigenvalue weighted by molar-refractivity contribution is 5.66. The van der Waals surface area contributed by atoms with Gasteiger partial charge in [-0.25, -0.2) is 0 Å². The fourth-order valence-electron chi connectivity index (χ4n) is 0.814. The molecule has 0 spiro atoms. The zero-order valence-corrected chi connectivity index (χ0v) is 9.16. The second kappa shape index (κ2) is 7.76. The lowest BCUT2D eigenvalue weighted by atomic mass is 10.2. The quantitative estimate of drug-likeness (QED) is 0.609. The Kier molecular flexibility index (Phi) is 7.42. The van der Waals surface area contributed by atoms with Crippen LogP contribution in [0.5, 0.6) is 0 Å².